The summed E-state index contributed by atoms with van der Waals surface area (Å²) in [6.45, 7) is 0.521. The minimum atomic E-state index is -0.917. The van der Waals surface area contributed by atoms with Crippen LogP contribution in [0, 0.1) is 0 Å². The molecule has 2 fully saturated rings. The van der Waals surface area contributed by atoms with Gasteiger partial charge in [-0.05, 0) is 32.1 Å². The van der Waals surface area contributed by atoms with Crippen molar-refractivity contribution < 1.29 is 19.2 Å². The van der Waals surface area contributed by atoms with Gasteiger partial charge in [-0.3, -0.25) is 4.79 Å². The fourth-order valence-electron chi connectivity index (χ4n) is 3.56. The highest BCUT2D eigenvalue weighted by molar-refractivity contribution is 5.83. The molecular formula is C16H23N3O4. The van der Waals surface area contributed by atoms with E-state index in [9.17, 15) is 14.7 Å². The molecule has 23 heavy (non-hydrogen) atoms. The molecule has 1 amide bonds. The van der Waals surface area contributed by atoms with E-state index in [4.69, 9.17) is 4.52 Å². The number of carbonyl (C=O) groups excluding carboxylic acids is 1. The van der Waals surface area contributed by atoms with Crippen molar-refractivity contribution in [1.82, 2.24) is 15.0 Å². The number of hydrogen-bond acceptors (Lipinski definition) is 5. The van der Waals surface area contributed by atoms with Crippen molar-refractivity contribution in [2.75, 3.05) is 6.54 Å². The summed E-state index contributed by atoms with van der Waals surface area (Å²) in [4.78, 5) is 29.5. The van der Waals surface area contributed by atoms with Crippen LogP contribution in [-0.2, 0) is 16.0 Å². The van der Waals surface area contributed by atoms with E-state index in [0.717, 1.165) is 31.5 Å². The van der Waals surface area contributed by atoms with E-state index in [1.807, 2.05) is 0 Å². The van der Waals surface area contributed by atoms with E-state index in [2.05, 4.69) is 10.1 Å². The van der Waals surface area contributed by atoms with Crippen molar-refractivity contribution in [2.24, 2.45) is 0 Å². The first-order chi connectivity index (χ1) is 11.1. The van der Waals surface area contributed by atoms with Gasteiger partial charge in [0.1, 0.15) is 6.04 Å². The van der Waals surface area contributed by atoms with Crippen molar-refractivity contribution >= 4 is 11.9 Å². The average molecular weight is 321 g/mol. The number of hydrogen-bond donors (Lipinski definition) is 1. The lowest BCUT2D eigenvalue weighted by molar-refractivity contribution is -0.152. The van der Waals surface area contributed by atoms with Crippen molar-refractivity contribution in [3.8, 4) is 0 Å². The molecular weight excluding hydrogens is 298 g/mol. The lowest BCUT2D eigenvalue weighted by Gasteiger charge is -2.32. The number of nitrogens with zero attached hydrogens (tertiary/aromatic N) is 3. The Hall–Kier alpha value is -1.92. The Bertz CT molecular complexity index is 565. The molecule has 1 N–H and O–H groups in total. The first-order valence-corrected chi connectivity index (χ1v) is 8.50. The summed E-state index contributed by atoms with van der Waals surface area (Å²) in [5.74, 6) is 0.564. The molecule has 0 bridgehead atoms. The fraction of sp³-hybridized carbons (Fsp3) is 0.750. The van der Waals surface area contributed by atoms with Crippen molar-refractivity contribution in [3.63, 3.8) is 0 Å². The molecule has 0 spiro atoms. The average Bonchev–Trinajstić information content (AvgIpc) is 3.23. The molecule has 1 atom stereocenters. The summed E-state index contributed by atoms with van der Waals surface area (Å²) in [5, 5.41) is 13.3. The van der Waals surface area contributed by atoms with Gasteiger partial charge in [0.15, 0.2) is 5.82 Å². The molecule has 0 radical (unpaired) electrons. The van der Waals surface area contributed by atoms with Crippen molar-refractivity contribution in [2.45, 2.75) is 69.7 Å². The van der Waals surface area contributed by atoms with Crippen LogP contribution >= 0.6 is 0 Å². The summed E-state index contributed by atoms with van der Waals surface area (Å²) in [6.07, 6.45) is 7.47. The Kier molecular flexibility index (Phi) is 4.93. The molecule has 2 aliphatic rings. The van der Waals surface area contributed by atoms with Crippen LogP contribution in [0.3, 0.4) is 0 Å². The number of carbonyl (C=O) groups is 2. The standard InChI is InChI=1S/C16H23N3O4/c20-14(19-10-4-3-7-12(19)16(21)22)9-8-13-17-15(18-23-13)11-5-1-2-6-11/h11-12H,1-10H2,(H,21,22). The van der Waals surface area contributed by atoms with E-state index in [-0.39, 0.29) is 12.3 Å². The quantitative estimate of drug-likeness (QED) is 0.892. The Morgan fingerprint density at radius 3 is 2.65 bits per heavy atom. The van der Waals surface area contributed by atoms with Crippen LogP contribution in [0.1, 0.15) is 69.0 Å². The van der Waals surface area contributed by atoms with Gasteiger partial charge in [-0.15, -0.1) is 0 Å². The molecule has 1 aliphatic heterocycles. The number of likely N-dealkylation sites (tertiary alicyclic amines) is 1. The van der Waals surface area contributed by atoms with Gasteiger partial charge in [-0.25, -0.2) is 4.79 Å². The number of carboxylic acids is 1. The van der Waals surface area contributed by atoms with E-state index >= 15 is 0 Å². The Morgan fingerprint density at radius 2 is 1.91 bits per heavy atom. The molecule has 7 heteroatoms. The van der Waals surface area contributed by atoms with Gasteiger partial charge in [0.25, 0.3) is 0 Å². The zero-order chi connectivity index (χ0) is 16.2. The highest BCUT2D eigenvalue weighted by atomic mass is 16.5. The monoisotopic (exact) mass is 321 g/mol. The third kappa shape index (κ3) is 3.71. The first-order valence-electron chi connectivity index (χ1n) is 8.50. The number of aromatic nitrogens is 2. The van der Waals surface area contributed by atoms with Gasteiger partial charge < -0.3 is 14.5 Å². The van der Waals surface area contributed by atoms with Gasteiger partial charge in [-0.2, -0.15) is 4.98 Å². The number of carboxylic acid groups (broad SMARTS) is 1. The molecule has 1 aromatic heterocycles. The van der Waals surface area contributed by atoms with E-state index in [0.29, 0.717) is 31.2 Å². The van der Waals surface area contributed by atoms with Crippen LogP contribution in [-0.4, -0.2) is 44.6 Å². The molecule has 1 saturated heterocycles. The van der Waals surface area contributed by atoms with Gasteiger partial charge >= 0.3 is 5.97 Å². The lowest BCUT2D eigenvalue weighted by Crippen LogP contribution is -2.48. The third-order valence-corrected chi connectivity index (χ3v) is 4.87. The fourth-order valence-corrected chi connectivity index (χ4v) is 3.56. The highest BCUT2D eigenvalue weighted by Gasteiger charge is 2.31. The van der Waals surface area contributed by atoms with Gasteiger partial charge in [0.2, 0.25) is 11.8 Å². The van der Waals surface area contributed by atoms with Gasteiger partial charge in [0, 0.05) is 25.3 Å². The lowest BCUT2D eigenvalue weighted by atomic mass is 10.0. The number of piperidine rings is 1. The molecule has 0 aromatic carbocycles. The summed E-state index contributed by atoms with van der Waals surface area (Å²) < 4.78 is 5.24. The van der Waals surface area contributed by atoms with Crippen LogP contribution in [0.25, 0.3) is 0 Å². The Labute approximate surface area is 135 Å². The van der Waals surface area contributed by atoms with Crippen LogP contribution in [0.4, 0.5) is 0 Å². The van der Waals surface area contributed by atoms with Gasteiger partial charge in [-0.1, -0.05) is 18.0 Å². The zero-order valence-corrected chi connectivity index (χ0v) is 13.2. The summed E-state index contributed by atoms with van der Waals surface area (Å²) in [6, 6.07) is -0.687. The molecule has 3 rings (SSSR count). The topological polar surface area (TPSA) is 96.5 Å². The number of aryl methyl sites for hydroxylation is 1. The molecule has 1 aliphatic carbocycles. The molecule has 1 saturated carbocycles. The number of aliphatic carboxylic acids is 1. The smallest absolute Gasteiger partial charge is 0.326 e. The van der Waals surface area contributed by atoms with Gasteiger partial charge in [0.05, 0.1) is 0 Å². The predicted octanol–water partition coefficient (Wildman–Crippen LogP) is 2.13. The van der Waals surface area contributed by atoms with E-state index in [1.165, 1.54) is 17.7 Å². The normalized spacial score (nSPS) is 22.4. The second-order valence-corrected chi connectivity index (χ2v) is 6.46. The first kappa shape index (κ1) is 16.0. The molecule has 2 heterocycles. The second kappa shape index (κ2) is 7.10. The highest BCUT2D eigenvalue weighted by Crippen LogP contribution is 2.32. The summed E-state index contributed by atoms with van der Waals surface area (Å²) in [7, 11) is 0. The minimum absolute atomic E-state index is 0.141. The van der Waals surface area contributed by atoms with Crippen molar-refractivity contribution in [1.29, 1.82) is 0 Å². The predicted molar refractivity (Wildman–Crippen MR) is 80.8 cm³/mol. The summed E-state index contributed by atoms with van der Waals surface area (Å²) >= 11 is 0. The Morgan fingerprint density at radius 1 is 1.17 bits per heavy atom. The molecule has 1 aromatic rings. The second-order valence-electron chi connectivity index (χ2n) is 6.46. The zero-order valence-electron chi connectivity index (χ0n) is 13.2. The maximum absolute atomic E-state index is 12.3. The number of amides is 1. The molecule has 7 nitrogen and oxygen atoms in total. The van der Waals surface area contributed by atoms with E-state index in [1.54, 1.807) is 0 Å². The molecule has 1 unspecified atom stereocenters. The third-order valence-electron chi connectivity index (χ3n) is 4.87. The number of rotatable bonds is 5. The SMILES string of the molecule is O=C(O)C1CCCCN1C(=O)CCc1nc(C2CCCC2)no1. The van der Waals surface area contributed by atoms with E-state index < -0.39 is 12.0 Å². The maximum atomic E-state index is 12.3. The van der Waals surface area contributed by atoms with Crippen LogP contribution in [0.2, 0.25) is 0 Å². The van der Waals surface area contributed by atoms with Crippen LogP contribution < -0.4 is 0 Å². The van der Waals surface area contributed by atoms with Crippen molar-refractivity contribution in [3.05, 3.63) is 11.7 Å². The summed E-state index contributed by atoms with van der Waals surface area (Å²) in [5.41, 5.74) is 0. The van der Waals surface area contributed by atoms with Crippen LogP contribution in [0.5, 0.6) is 0 Å². The Balaban J connectivity index is 1.54. The van der Waals surface area contributed by atoms with Crippen LogP contribution in [0.15, 0.2) is 4.52 Å². The maximum Gasteiger partial charge on any atom is 0.326 e. The largest absolute Gasteiger partial charge is 0.480 e. The molecule has 126 valence electrons. The minimum Gasteiger partial charge on any atom is -0.480 e.